The number of phenols is 1. The smallest absolute Gasteiger partial charge is 0.305 e. The number of aryl methyl sites for hydroxylation is 2. The third-order valence-corrected chi connectivity index (χ3v) is 2.87. The Bertz CT molecular complexity index is 374. The van der Waals surface area contributed by atoms with E-state index in [1.807, 2.05) is 13.0 Å². The minimum Gasteiger partial charge on any atom is -0.507 e. The highest BCUT2D eigenvalue weighted by Gasteiger charge is 2.07. The molecule has 15 heavy (non-hydrogen) atoms. The van der Waals surface area contributed by atoms with Crippen LogP contribution in [0, 0.1) is 6.92 Å². The van der Waals surface area contributed by atoms with E-state index in [4.69, 9.17) is 0 Å². The second-order valence-electron chi connectivity index (χ2n) is 3.31. The monoisotopic (exact) mass is 272 g/mol. The molecule has 0 aliphatic carbocycles. The molecule has 3 nitrogen and oxygen atoms in total. The number of rotatable bonds is 3. The van der Waals surface area contributed by atoms with E-state index in [9.17, 15) is 9.90 Å². The summed E-state index contributed by atoms with van der Waals surface area (Å²) in [4.78, 5) is 11.0. The molecule has 0 fully saturated rings. The van der Waals surface area contributed by atoms with Gasteiger partial charge < -0.3 is 9.84 Å². The molecule has 1 aromatic rings. The van der Waals surface area contributed by atoms with Crippen molar-refractivity contribution in [3.05, 3.63) is 27.7 Å². The molecule has 0 atom stereocenters. The molecule has 0 spiro atoms. The molecule has 1 rings (SSSR count). The Balaban J connectivity index is 2.77. The average molecular weight is 273 g/mol. The number of carbonyl (C=O) groups excluding carboxylic acids is 1. The Hall–Kier alpha value is -1.03. The molecule has 0 saturated carbocycles. The Kier molecular flexibility index (Phi) is 4.15. The largest absolute Gasteiger partial charge is 0.507 e. The second kappa shape index (κ2) is 5.16. The minimum atomic E-state index is -0.224. The fourth-order valence-corrected chi connectivity index (χ4v) is 1.71. The van der Waals surface area contributed by atoms with Crippen molar-refractivity contribution in [1.82, 2.24) is 0 Å². The van der Waals surface area contributed by atoms with Crippen LogP contribution < -0.4 is 0 Å². The summed E-state index contributed by atoms with van der Waals surface area (Å²) in [6.45, 7) is 1.90. The summed E-state index contributed by atoms with van der Waals surface area (Å²) in [6, 6.07) is 3.50. The first kappa shape index (κ1) is 12.0. The molecule has 0 aliphatic rings. The summed E-state index contributed by atoms with van der Waals surface area (Å²) in [6.07, 6.45) is 0.978. The summed E-state index contributed by atoms with van der Waals surface area (Å²) < 4.78 is 5.21. The SMILES string of the molecule is COC(=O)CCc1cc(Br)c(O)cc1C. The number of esters is 1. The fourth-order valence-electron chi connectivity index (χ4n) is 1.32. The van der Waals surface area contributed by atoms with Crippen LogP contribution in [0.5, 0.6) is 5.75 Å². The number of methoxy groups -OCH3 is 1. The number of hydrogen-bond acceptors (Lipinski definition) is 3. The zero-order chi connectivity index (χ0) is 11.4. The Morgan fingerprint density at radius 3 is 2.80 bits per heavy atom. The number of benzene rings is 1. The van der Waals surface area contributed by atoms with Gasteiger partial charge in [-0.25, -0.2) is 0 Å². The van der Waals surface area contributed by atoms with Gasteiger partial charge in [-0.15, -0.1) is 0 Å². The van der Waals surface area contributed by atoms with E-state index in [0.717, 1.165) is 11.1 Å². The van der Waals surface area contributed by atoms with Crippen molar-refractivity contribution in [1.29, 1.82) is 0 Å². The lowest BCUT2D eigenvalue weighted by molar-refractivity contribution is -0.140. The van der Waals surface area contributed by atoms with Crippen LogP contribution in [0.4, 0.5) is 0 Å². The molecule has 4 heteroatoms. The third kappa shape index (κ3) is 3.23. The summed E-state index contributed by atoms with van der Waals surface area (Å²) in [5.41, 5.74) is 2.00. The van der Waals surface area contributed by atoms with Gasteiger partial charge in [-0.1, -0.05) is 0 Å². The van der Waals surface area contributed by atoms with Crippen molar-refractivity contribution in [2.24, 2.45) is 0 Å². The summed E-state index contributed by atoms with van der Waals surface area (Å²) >= 11 is 3.24. The Labute approximate surface area is 97.2 Å². The van der Waals surface area contributed by atoms with E-state index in [0.29, 0.717) is 17.3 Å². The molecule has 1 N–H and O–H groups in total. The van der Waals surface area contributed by atoms with Crippen LogP contribution in [0.2, 0.25) is 0 Å². The number of phenolic OH excluding ortho intramolecular Hbond substituents is 1. The minimum absolute atomic E-state index is 0.217. The van der Waals surface area contributed by atoms with E-state index in [2.05, 4.69) is 20.7 Å². The third-order valence-electron chi connectivity index (χ3n) is 2.23. The van der Waals surface area contributed by atoms with E-state index in [1.165, 1.54) is 7.11 Å². The van der Waals surface area contributed by atoms with Crippen LogP contribution in [0.3, 0.4) is 0 Å². The molecular formula is C11H13BrO3. The number of ether oxygens (including phenoxy) is 1. The molecule has 82 valence electrons. The maximum atomic E-state index is 11.0. The predicted molar refractivity (Wildman–Crippen MR) is 60.9 cm³/mol. The normalized spacial score (nSPS) is 10.1. The Morgan fingerprint density at radius 1 is 1.53 bits per heavy atom. The second-order valence-corrected chi connectivity index (χ2v) is 4.16. The molecule has 0 aliphatic heterocycles. The molecule has 0 radical (unpaired) electrons. The van der Waals surface area contributed by atoms with Crippen molar-refractivity contribution in [3.63, 3.8) is 0 Å². The number of carbonyl (C=O) groups is 1. The van der Waals surface area contributed by atoms with E-state index in [1.54, 1.807) is 6.07 Å². The van der Waals surface area contributed by atoms with Crippen LogP contribution in [0.1, 0.15) is 17.5 Å². The lowest BCUT2D eigenvalue weighted by atomic mass is 10.0. The average Bonchev–Trinajstić information content (AvgIpc) is 2.21. The first-order valence-electron chi connectivity index (χ1n) is 4.59. The van der Waals surface area contributed by atoms with Crippen molar-refractivity contribution >= 4 is 21.9 Å². The molecular weight excluding hydrogens is 260 g/mol. The van der Waals surface area contributed by atoms with Gasteiger partial charge in [0.15, 0.2) is 0 Å². The molecule has 0 heterocycles. The molecule has 0 amide bonds. The lowest BCUT2D eigenvalue weighted by Gasteiger charge is -2.07. The van der Waals surface area contributed by atoms with Crippen molar-refractivity contribution in [2.75, 3.05) is 7.11 Å². The highest BCUT2D eigenvalue weighted by molar-refractivity contribution is 9.10. The van der Waals surface area contributed by atoms with Crippen molar-refractivity contribution in [3.8, 4) is 5.75 Å². The van der Waals surface area contributed by atoms with Gasteiger partial charge in [0, 0.05) is 6.42 Å². The predicted octanol–water partition coefficient (Wildman–Crippen LogP) is 2.57. The number of hydrogen-bond donors (Lipinski definition) is 1. The maximum absolute atomic E-state index is 11.0. The zero-order valence-corrected chi connectivity index (χ0v) is 10.3. The summed E-state index contributed by atoms with van der Waals surface area (Å²) in [7, 11) is 1.38. The zero-order valence-electron chi connectivity index (χ0n) is 8.71. The first-order chi connectivity index (χ1) is 7.04. The number of halogens is 1. The van der Waals surface area contributed by atoms with Crippen molar-refractivity contribution in [2.45, 2.75) is 19.8 Å². The van der Waals surface area contributed by atoms with Crippen LogP contribution in [-0.4, -0.2) is 18.2 Å². The van der Waals surface area contributed by atoms with E-state index >= 15 is 0 Å². The Morgan fingerprint density at radius 2 is 2.20 bits per heavy atom. The van der Waals surface area contributed by atoms with Crippen LogP contribution >= 0.6 is 15.9 Å². The van der Waals surface area contributed by atoms with Gasteiger partial charge in [0.05, 0.1) is 11.6 Å². The fraction of sp³-hybridized carbons (Fsp3) is 0.364. The van der Waals surface area contributed by atoms with Gasteiger partial charge in [-0.3, -0.25) is 4.79 Å². The van der Waals surface area contributed by atoms with E-state index in [-0.39, 0.29) is 11.7 Å². The summed E-state index contributed by atoms with van der Waals surface area (Å²) in [5.74, 6) is -0.00656. The molecule has 1 aromatic carbocycles. The maximum Gasteiger partial charge on any atom is 0.305 e. The highest BCUT2D eigenvalue weighted by Crippen LogP contribution is 2.27. The van der Waals surface area contributed by atoms with Crippen LogP contribution in [0.15, 0.2) is 16.6 Å². The standard InChI is InChI=1S/C11H13BrO3/c1-7-5-10(13)9(12)6-8(7)3-4-11(14)15-2/h5-6,13H,3-4H2,1-2H3. The van der Waals surface area contributed by atoms with Crippen molar-refractivity contribution < 1.29 is 14.6 Å². The summed E-state index contributed by atoms with van der Waals surface area (Å²) in [5, 5.41) is 9.41. The topological polar surface area (TPSA) is 46.5 Å². The molecule has 0 bridgehead atoms. The highest BCUT2D eigenvalue weighted by atomic mass is 79.9. The van der Waals surface area contributed by atoms with Gasteiger partial charge in [0.25, 0.3) is 0 Å². The van der Waals surface area contributed by atoms with Gasteiger partial charge in [0.2, 0.25) is 0 Å². The molecule has 0 aromatic heterocycles. The van der Waals surface area contributed by atoms with Crippen LogP contribution in [0.25, 0.3) is 0 Å². The van der Waals surface area contributed by atoms with Crippen LogP contribution in [-0.2, 0) is 16.0 Å². The van der Waals surface area contributed by atoms with Gasteiger partial charge in [-0.05, 0) is 52.5 Å². The molecule has 0 saturated heterocycles. The first-order valence-corrected chi connectivity index (χ1v) is 5.38. The van der Waals surface area contributed by atoms with Gasteiger partial charge in [-0.2, -0.15) is 0 Å². The van der Waals surface area contributed by atoms with E-state index < -0.39 is 0 Å². The van der Waals surface area contributed by atoms with Gasteiger partial charge in [0.1, 0.15) is 5.75 Å². The van der Waals surface area contributed by atoms with Gasteiger partial charge >= 0.3 is 5.97 Å². The number of aromatic hydroxyl groups is 1. The molecule has 0 unspecified atom stereocenters. The lowest BCUT2D eigenvalue weighted by Crippen LogP contribution is -2.02. The quantitative estimate of drug-likeness (QED) is 0.861.